The molecule has 0 bridgehead atoms. The summed E-state index contributed by atoms with van der Waals surface area (Å²) in [5.74, 6) is 0.308. The number of hydrogen-bond donors (Lipinski definition) is 1. The number of carbonyl (C=O) groups is 1. The van der Waals surface area contributed by atoms with Crippen LogP contribution in [0.4, 0.5) is 5.69 Å². The minimum Gasteiger partial charge on any atom is -0.386 e. The van der Waals surface area contributed by atoms with Crippen LogP contribution in [0.1, 0.15) is 15.9 Å². The number of ketones is 1. The molecular weight excluding hydrogens is 340 g/mol. The number of carbonyl (C=O) groups excluding carboxylic acids is 1. The molecule has 0 aliphatic carbocycles. The molecule has 0 amide bonds. The molecule has 0 heterocycles. The van der Waals surface area contributed by atoms with Gasteiger partial charge >= 0.3 is 0 Å². The fourth-order valence-electron chi connectivity index (χ4n) is 1.70. The monoisotopic (exact) mass is 350 g/mol. The number of para-hydroxylation sites is 1. The molecule has 20 heavy (non-hydrogen) atoms. The number of rotatable bonds is 4. The quantitative estimate of drug-likeness (QED) is 0.393. The predicted octanol–water partition coefficient (Wildman–Crippen LogP) is 3.91. The standard InChI is InChI=1S/C15H12BrClN2O/c16-11-7-5-10(6-8-11)15(20)12-3-1-2-4-13(12)19-14(18)9-17/h1-8H,9H2,(H2,18,19). The maximum atomic E-state index is 12.5. The minimum absolute atomic E-state index is 0.0979. The lowest BCUT2D eigenvalue weighted by molar-refractivity contribution is 0.103. The Kier molecular flexibility index (Phi) is 4.93. The first-order valence-electron chi connectivity index (χ1n) is 5.90. The van der Waals surface area contributed by atoms with Crippen molar-refractivity contribution in [2.24, 2.45) is 10.7 Å². The van der Waals surface area contributed by atoms with Crippen LogP contribution in [0.5, 0.6) is 0 Å². The largest absolute Gasteiger partial charge is 0.386 e. The Balaban J connectivity index is 2.42. The second-order valence-corrected chi connectivity index (χ2v) is 5.27. The van der Waals surface area contributed by atoms with Crippen LogP contribution in [0.3, 0.4) is 0 Å². The van der Waals surface area contributed by atoms with Crippen molar-refractivity contribution in [2.45, 2.75) is 0 Å². The zero-order valence-electron chi connectivity index (χ0n) is 10.5. The van der Waals surface area contributed by atoms with E-state index in [1.54, 1.807) is 36.4 Å². The van der Waals surface area contributed by atoms with Gasteiger partial charge in [0.1, 0.15) is 5.84 Å². The minimum atomic E-state index is -0.0979. The maximum Gasteiger partial charge on any atom is 0.195 e. The second-order valence-electron chi connectivity index (χ2n) is 4.09. The normalized spacial score (nSPS) is 11.4. The molecule has 0 aromatic heterocycles. The molecule has 0 fully saturated rings. The number of alkyl halides is 1. The van der Waals surface area contributed by atoms with Gasteiger partial charge in [-0.15, -0.1) is 11.6 Å². The van der Waals surface area contributed by atoms with Crippen LogP contribution in [0.2, 0.25) is 0 Å². The summed E-state index contributed by atoms with van der Waals surface area (Å²) in [5.41, 5.74) is 7.26. The highest BCUT2D eigenvalue weighted by atomic mass is 79.9. The van der Waals surface area contributed by atoms with Gasteiger partial charge in [0.05, 0.1) is 11.6 Å². The van der Waals surface area contributed by atoms with Crippen molar-refractivity contribution >= 4 is 44.8 Å². The second kappa shape index (κ2) is 6.68. The van der Waals surface area contributed by atoms with Crippen LogP contribution in [-0.2, 0) is 0 Å². The van der Waals surface area contributed by atoms with E-state index in [-0.39, 0.29) is 17.5 Å². The molecule has 0 unspecified atom stereocenters. The van der Waals surface area contributed by atoms with Crippen molar-refractivity contribution in [1.29, 1.82) is 0 Å². The fourth-order valence-corrected chi connectivity index (χ4v) is 2.03. The Morgan fingerprint density at radius 1 is 1.15 bits per heavy atom. The van der Waals surface area contributed by atoms with Crippen molar-refractivity contribution in [1.82, 2.24) is 0 Å². The summed E-state index contributed by atoms with van der Waals surface area (Å²) in [6.45, 7) is 0. The Bertz CT molecular complexity index is 653. The Morgan fingerprint density at radius 3 is 2.45 bits per heavy atom. The van der Waals surface area contributed by atoms with Gasteiger partial charge in [0.2, 0.25) is 0 Å². The van der Waals surface area contributed by atoms with E-state index in [2.05, 4.69) is 20.9 Å². The summed E-state index contributed by atoms with van der Waals surface area (Å²) in [4.78, 5) is 16.7. The number of halogens is 2. The first-order valence-corrected chi connectivity index (χ1v) is 7.23. The highest BCUT2D eigenvalue weighted by Gasteiger charge is 2.13. The molecule has 0 saturated carbocycles. The fraction of sp³-hybridized carbons (Fsp3) is 0.0667. The lowest BCUT2D eigenvalue weighted by Gasteiger charge is -2.06. The van der Waals surface area contributed by atoms with E-state index in [4.69, 9.17) is 17.3 Å². The van der Waals surface area contributed by atoms with Crippen LogP contribution < -0.4 is 5.73 Å². The van der Waals surface area contributed by atoms with Gasteiger partial charge < -0.3 is 5.73 Å². The molecule has 3 nitrogen and oxygen atoms in total. The molecule has 2 N–H and O–H groups in total. The molecule has 102 valence electrons. The SMILES string of the molecule is NC(CCl)=Nc1ccccc1C(=O)c1ccc(Br)cc1. The molecule has 0 spiro atoms. The predicted molar refractivity (Wildman–Crippen MR) is 86.0 cm³/mol. The summed E-state index contributed by atoms with van der Waals surface area (Å²) in [6.07, 6.45) is 0. The summed E-state index contributed by atoms with van der Waals surface area (Å²) in [6, 6.07) is 14.2. The average Bonchev–Trinajstić information content (AvgIpc) is 2.48. The smallest absolute Gasteiger partial charge is 0.195 e. The Hall–Kier alpha value is -1.65. The zero-order chi connectivity index (χ0) is 14.5. The van der Waals surface area contributed by atoms with Gasteiger partial charge in [-0.2, -0.15) is 0 Å². The molecule has 0 aliphatic heterocycles. The third-order valence-electron chi connectivity index (χ3n) is 2.66. The van der Waals surface area contributed by atoms with Crippen molar-refractivity contribution in [2.75, 3.05) is 5.88 Å². The van der Waals surface area contributed by atoms with Crippen LogP contribution in [0, 0.1) is 0 Å². The van der Waals surface area contributed by atoms with E-state index in [1.807, 2.05) is 12.1 Å². The highest BCUT2D eigenvalue weighted by molar-refractivity contribution is 9.10. The van der Waals surface area contributed by atoms with Crippen LogP contribution in [-0.4, -0.2) is 17.5 Å². The lowest BCUT2D eigenvalue weighted by Crippen LogP contribution is -2.13. The van der Waals surface area contributed by atoms with E-state index < -0.39 is 0 Å². The molecule has 5 heteroatoms. The van der Waals surface area contributed by atoms with Crippen molar-refractivity contribution in [3.63, 3.8) is 0 Å². The zero-order valence-corrected chi connectivity index (χ0v) is 12.9. The maximum absolute atomic E-state index is 12.5. The molecular formula is C15H12BrClN2O. The number of nitrogens with two attached hydrogens (primary N) is 1. The van der Waals surface area contributed by atoms with Gasteiger partial charge in [-0.1, -0.05) is 28.1 Å². The van der Waals surface area contributed by atoms with E-state index in [1.165, 1.54) is 0 Å². The average molecular weight is 352 g/mol. The van der Waals surface area contributed by atoms with Gasteiger partial charge in [0.25, 0.3) is 0 Å². The summed E-state index contributed by atoms with van der Waals surface area (Å²) in [7, 11) is 0. The molecule has 2 aromatic rings. The van der Waals surface area contributed by atoms with Crippen molar-refractivity contribution in [3.05, 3.63) is 64.1 Å². The summed E-state index contributed by atoms with van der Waals surface area (Å²) < 4.78 is 0.923. The topological polar surface area (TPSA) is 55.4 Å². The molecule has 0 aliphatic rings. The number of benzene rings is 2. The van der Waals surface area contributed by atoms with Crippen molar-refractivity contribution < 1.29 is 4.79 Å². The van der Waals surface area contributed by atoms with Crippen molar-refractivity contribution in [3.8, 4) is 0 Å². The van der Waals surface area contributed by atoms with Gasteiger partial charge in [-0.05, 0) is 36.4 Å². The molecule has 2 rings (SSSR count). The van der Waals surface area contributed by atoms with Gasteiger partial charge in [-0.25, -0.2) is 4.99 Å². The third-order valence-corrected chi connectivity index (χ3v) is 3.46. The number of nitrogens with zero attached hydrogens (tertiary/aromatic N) is 1. The van der Waals surface area contributed by atoms with E-state index in [0.29, 0.717) is 16.8 Å². The van der Waals surface area contributed by atoms with Gasteiger partial charge in [0.15, 0.2) is 5.78 Å². The van der Waals surface area contributed by atoms with Crippen LogP contribution >= 0.6 is 27.5 Å². The molecule has 0 atom stereocenters. The first kappa shape index (κ1) is 14.8. The van der Waals surface area contributed by atoms with E-state index in [9.17, 15) is 4.79 Å². The van der Waals surface area contributed by atoms with Crippen LogP contribution in [0.15, 0.2) is 58.0 Å². The highest BCUT2D eigenvalue weighted by Crippen LogP contribution is 2.23. The summed E-state index contributed by atoms with van der Waals surface area (Å²) in [5, 5.41) is 0. The lowest BCUT2D eigenvalue weighted by atomic mass is 10.0. The number of amidine groups is 1. The Morgan fingerprint density at radius 2 is 1.80 bits per heavy atom. The molecule has 0 saturated heterocycles. The third kappa shape index (κ3) is 3.46. The van der Waals surface area contributed by atoms with Crippen LogP contribution in [0.25, 0.3) is 0 Å². The molecule has 0 radical (unpaired) electrons. The Labute approximate surface area is 130 Å². The molecule has 2 aromatic carbocycles. The van der Waals surface area contributed by atoms with Gasteiger partial charge in [0, 0.05) is 15.6 Å². The number of aliphatic imine (C=N–C) groups is 1. The summed E-state index contributed by atoms with van der Waals surface area (Å²) >= 11 is 8.97. The van der Waals surface area contributed by atoms with E-state index >= 15 is 0 Å². The van der Waals surface area contributed by atoms with E-state index in [0.717, 1.165) is 4.47 Å². The number of hydrogen-bond acceptors (Lipinski definition) is 2. The van der Waals surface area contributed by atoms with Gasteiger partial charge in [-0.3, -0.25) is 4.79 Å². The first-order chi connectivity index (χ1) is 9.61.